The van der Waals surface area contributed by atoms with Crippen molar-refractivity contribution < 1.29 is 22.4 Å². The number of nitrogens with one attached hydrogen (secondary N) is 1. The highest BCUT2D eigenvalue weighted by atomic mass is 19.2. The molecule has 2 aromatic carbocycles. The van der Waals surface area contributed by atoms with Gasteiger partial charge >= 0.3 is 0 Å². The summed E-state index contributed by atoms with van der Waals surface area (Å²) >= 11 is 0. The molecule has 0 radical (unpaired) electrons. The van der Waals surface area contributed by atoms with Crippen molar-refractivity contribution >= 4 is 11.6 Å². The Bertz CT molecular complexity index is 704. The van der Waals surface area contributed by atoms with Crippen LogP contribution in [0.4, 0.5) is 23.2 Å². The van der Waals surface area contributed by atoms with Crippen LogP contribution < -0.4 is 11.1 Å². The summed E-state index contributed by atoms with van der Waals surface area (Å²) in [7, 11) is 0. The largest absolute Gasteiger partial charge is 0.379 e. The number of benzene rings is 2. The molecule has 0 aliphatic carbocycles. The molecule has 0 atom stereocenters. The van der Waals surface area contributed by atoms with Crippen LogP contribution in [0.3, 0.4) is 0 Å². The highest BCUT2D eigenvalue weighted by molar-refractivity contribution is 5.94. The molecule has 0 aromatic heterocycles. The summed E-state index contributed by atoms with van der Waals surface area (Å²) in [6.45, 7) is -0.0437. The minimum absolute atomic E-state index is 0.0437. The highest BCUT2D eigenvalue weighted by Crippen LogP contribution is 2.21. The fraction of sp³-hybridized carbons (Fsp3) is 0.0714. The van der Waals surface area contributed by atoms with E-state index in [0.717, 1.165) is 24.3 Å². The quantitative estimate of drug-likeness (QED) is 0.853. The highest BCUT2D eigenvalue weighted by Gasteiger charge is 2.18. The van der Waals surface area contributed by atoms with Crippen molar-refractivity contribution in [1.82, 2.24) is 0 Å². The predicted octanol–water partition coefficient (Wildman–Crippen LogP) is 2.95. The minimum atomic E-state index is -1.23. The van der Waals surface area contributed by atoms with Crippen molar-refractivity contribution in [3.8, 4) is 0 Å². The molecule has 21 heavy (non-hydrogen) atoms. The second-order valence-electron chi connectivity index (χ2n) is 4.25. The van der Waals surface area contributed by atoms with Crippen molar-refractivity contribution in [2.45, 2.75) is 6.54 Å². The van der Waals surface area contributed by atoms with E-state index in [1.54, 1.807) is 0 Å². The van der Waals surface area contributed by atoms with E-state index in [1.807, 2.05) is 0 Å². The zero-order valence-electron chi connectivity index (χ0n) is 10.6. The fourth-order valence-corrected chi connectivity index (χ4v) is 1.76. The predicted molar refractivity (Wildman–Crippen MR) is 68.6 cm³/mol. The average Bonchev–Trinajstić information content (AvgIpc) is 2.41. The molecular weight excluding hydrogens is 288 g/mol. The van der Waals surface area contributed by atoms with Gasteiger partial charge in [0.1, 0.15) is 11.4 Å². The summed E-state index contributed by atoms with van der Waals surface area (Å²) in [5, 5.41) is 2.56. The normalized spacial score (nSPS) is 10.5. The summed E-state index contributed by atoms with van der Waals surface area (Å²) in [6, 6.07) is 5.15. The summed E-state index contributed by atoms with van der Waals surface area (Å²) in [5.74, 6) is -5.47. The first-order valence-electron chi connectivity index (χ1n) is 5.85. The number of carbonyl (C=O) groups excluding carboxylic acids is 1. The molecule has 2 aromatic rings. The van der Waals surface area contributed by atoms with Gasteiger partial charge in [-0.1, -0.05) is 6.07 Å². The first kappa shape index (κ1) is 14.8. The van der Waals surface area contributed by atoms with Gasteiger partial charge in [0.15, 0.2) is 17.5 Å². The molecule has 0 saturated heterocycles. The molecule has 0 unspecified atom stereocenters. The Balaban J connectivity index is 2.22. The number of nitrogens with two attached hydrogens (primary N) is 1. The standard InChI is InChI=1S/C14H10F4N2O/c15-8-2-1-7(5-10(8)17)6-20-11-4-3-9(16)12(13(11)18)14(19)21/h1-5,20H,6H2,(H2,19,21). The van der Waals surface area contributed by atoms with Crippen molar-refractivity contribution in [2.24, 2.45) is 5.73 Å². The van der Waals surface area contributed by atoms with Gasteiger partial charge in [-0.15, -0.1) is 0 Å². The van der Waals surface area contributed by atoms with Crippen LogP contribution in [0.15, 0.2) is 30.3 Å². The molecule has 110 valence electrons. The third-order valence-electron chi connectivity index (χ3n) is 2.80. The summed E-state index contributed by atoms with van der Waals surface area (Å²) in [6.07, 6.45) is 0. The van der Waals surface area contributed by atoms with Gasteiger partial charge in [0, 0.05) is 6.54 Å². The molecule has 3 N–H and O–H groups in total. The molecule has 0 spiro atoms. The number of anilines is 1. The maximum atomic E-state index is 13.9. The molecule has 0 fully saturated rings. The first-order valence-corrected chi connectivity index (χ1v) is 5.85. The number of carbonyl (C=O) groups is 1. The van der Waals surface area contributed by atoms with Crippen LogP contribution in [0.25, 0.3) is 0 Å². The lowest BCUT2D eigenvalue weighted by molar-refractivity contribution is 0.0992. The van der Waals surface area contributed by atoms with Crippen LogP contribution in [0.2, 0.25) is 0 Å². The lowest BCUT2D eigenvalue weighted by Crippen LogP contribution is -2.17. The molecule has 0 heterocycles. The summed E-state index contributed by atoms with van der Waals surface area (Å²) in [5.41, 5.74) is 4.21. The summed E-state index contributed by atoms with van der Waals surface area (Å²) in [4.78, 5) is 11.0. The Morgan fingerprint density at radius 2 is 1.67 bits per heavy atom. The van der Waals surface area contributed by atoms with Gasteiger partial charge in [0.05, 0.1) is 5.69 Å². The van der Waals surface area contributed by atoms with Crippen LogP contribution in [-0.4, -0.2) is 5.91 Å². The van der Waals surface area contributed by atoms with E-state index < -0.39 is 34.7 Å². The van der Waals surface area contributed by atoms with Crippen LogP contribution in [0.1, 0.15) is 15.9 Å². The number of amides is 1. The third kappa shape index (κ3) is 3.13. The molecule has 7 heteroatoms. The first-order chi connectivity index (χ1) is 9.90. The van der Waals surface area contributed by atoms with Crippen LogP contribution in [0.5, 0.6) is 0 Å². The lowest BCUT2D eigenvalue weighted by Gasteiger charge is -2.10. The topological polar surface area (TPSA) is 55.1 Å². The van der Waals surface area contributed by atoms with Crippen LogP contribution in [-0.2, 0) is 6.54 Å². The number of primary amides is 1. The number of hydrogen-bond donors (Lipinski definition) is 2. The molecule has 0 bridgehead atoms. The van der Waals surface area contributed by atoms with Gasteiger partial charge in [-0.2, -0.15) is 0 Å². The molecule has 0 aliphatic heterocycles. The van der Waals surface area contributed by atoms with Gasteiger partial charge in [-0.3, -0.25) is 4.79 Å². The van der Waals surface area contributed by atoms with Crippen molar-refractivity contribution in [1.29, 1.82) is 0 Å². The smallest absolute Gasteiger partial charge is 0.254 e. The third-order valence-corrected chi connectivity index (χ3v) is 2.80. The minimum Gasteiger partial charge on any atom is -0.379 e. The lowest BCUT2D eigenvalue weighted by atomic mass is 10.1. The molecule has 1 amide bonds. The molecule has 2 rings (SSSR count). The second kappa shape index (κ2) is 5.82. The van der Waals surface area contributed by atoms with Gasteiger partial charge in [0.25, 0.3) is 5.91 Å². The Labute approximate surface area is 117 Å². The molecular formula is C14H10F4N2O. The van der Waals surface area contributed by atoms with Crippen LogP contribution >= 0.6 is 0 Å². The second-order valence-corrected chi connectivity index (χ2v) is 4.25. The van der Waals surface area contributed by atoms with Gasteiger partial charge in [0.2, 0.25) is 0 Å². The number of halogens is 4. The van der Waals surface area contributed by atoms with E-state index in [9.17, 15) is 22.4 Å². The van der Waals surface area contributed by atoms with E-state index in [2.05, 4.69) is 5.32 Å². The summed E-state index contributed by atoms with van der Waals surface area (Å²) < 4.78 is 53.0. The van der Waals surface area contributed by atoms with Gasteiger partial charge in [-0.25, -0.2) is 17.6 Å². The average molecular weight is 298 g/mol. The monoisotopic (exact) mass is 298 g/mol. The molecule has 0 aliphatic rings. The Hall–Kier alpha value is -2.57. The van der Waals surface area contributed by atoms with Crippen molar-refractivity contribution in [2.75, 3.05) is 5.32 Å². The molecule has 3 nitrogen and oxygen atoms in total. The Morgan fingerprint density at radius 3 is 2.29 bits per heavy atom. The Morgan fingerprint density at radius 1 is 1.00 bits per heavy atom. The van der Waals surface area contributed by atoms with Gasteiger partial charge < -0.3 is 11.1 Å². The van der Waals surface area contributed by atoms with E-state index in [4.69, 9.17) is 5.73 Å². The van der Waals surface area contributed by atoms with E-state index in [-0.39, 0.29) is 12.2 Å². The number of hydrogen-bond acceptors (Lipinski definition) is 2. The zero-order chi connectivity index (χ0) is 15.6. The van der Waals surface area contributed by atoms with Gasteiger partial charge in [-0.05, 0) is 29.8 Å². The van der Waals surface area contributed by atoms with Crippen LogP contribution in [0, 0.1) is 23.3 Å². The maximum Gasteiger partial charge on any atom is 0.254 e. The van der Waals surface area contributed by atoms with E-state index >= 15 is 0 Å². The van der Waals surface area contributed by atoms with E-state index in [1.165, 1.54) is 6.07 Å². The number of rotatable bonds is 4. The maximum absolute atomic E-state index is 13.9. The Kier molecular flexibility index (Phi) is 4.11. The molecule has 0 saturated carbocycles. The van der Waals surface area contributed by atoms with E-state index in [0.29, 0.717) is 5.56 Å². The zero-order valence-corrected chi connectivity index (χ0v) is 10.6. The van der Waals surface area contributed by atoms with Crippen molar-refractivity contribution in [3.63, 3.8) is 0 Å². The van der Waals surface area contributed by atoms with Crippen molar-refractivity contribution in [3.05, 3.63) is 64.7 Å². The SMILES string of the molecule is NC(=O)c1c(F)ccc(NCc2ccc(F)c(F)c2)c1F. The fourth-order valence-electron chi connectivity index (χ4n) is 1.76.